The Morgan fingerprint density at radius 1 is 1.08 bits per heavy atom. The molecule has 0 saturated carbocycles. The van der Waals surface area contributed by atoms with Gasteiger partial charge in [-0.05, 0) is 43.4 Å². The van der Waals surface area contributed by atoms with E-state index in [1.807, 2.05) is 12.1 Å². The van der Waals surface area contributed by atoms with Crippen molar-refractivity contribution < 1.29 is 20.1 Å². The molecular formula is C16H17N3O4S. The zero-order chi connectivity index (χ0) is 17.7. The highest BCUT2D eigenvalue weighted by molar-refractivity contribution is 7.80. The van der Waals surface area contributed by atoms with Crippen LogP contribution in [0.1, 0.15) is 12.5 Å². The van der Waals surface area contributed by atoms with Gasteiger partial charge in [0, 0.05) is 5.56 Å². The number of hydrazone groups is 1. The summed E-state index contributed by atoms with van der Waals surface area (Å²) in [6.07, 6.45) is 0. The molecule has 126 valence electrons. The highest BCUT2D eigenvalue weighted by Crippen LogP contribution is 2.37. The van der Waals surface area contributed by atoms with E-state index in [1.165, 1.54) is 12.1 Å². The number of hydrogen-bond acceptors (Lipinski definition) is 6. The van der Waals surface area contributed by atoms with Crippen LogP contribution in [0.2, 0.25) is 0 Å². The van der Waals surface area contributed by atoms with E-state index in [0.717, 1.165) is 0 Å². The van der Waals surface area contributed by atoms with Gasteiger partial charge in [0.2, 0.25) is 5.75 Å². The Morgan fingerprint density at radius 2 is 1.79 bits per heavy atom. The number of rotatable bonds is 4. The number of phenolic OH excluding ortho intramolecular Hbond substituents is 3. The van der Waals surface area contributed by atoms with Crippen molar-refractivity contribution in [3.8, 4) is 23.0 Å². The summed E-state index contributed by atoms with van der Waals surface area (Å²) in [4.78, 5) is 0. The first-order valence-electron chi connectivity index (χ1n) is 6.92. The molecule has 5 N–H and O–H groups in total. The second kappa shape index (κ2) is 7.51. The minimum atomic E-state index is -0.600. The molecule has 7 nitrogen and oxygen atoms in total. The summed E-state index contributed by atoms with van der Waals surface area (Å²) in [6.45, 7) is 1.62. The molecule has 0 unspecified atom stereocenters. The van der Waals surface area contributed by atoms with Crippen molar-refractivity contribution in [2.24, 2.45) is 5.10 Å². The standard InChI is InChI=1S/C16H17N3O4S/c1-9(10-7-8-12(20)15(22)14(10)21)18-19-16(24)17-11-5-3-4-6-13(11)23-2/h3-8,20-22H,1-2H3,(H2,17,19,24)/b18-9+. The summed E-state index contributed by atoms with van der Waals surface area (Å²) in [7, 11) is 1.55. The topological polar surface area (TPSA) is 106 Å². The van der Waals surface area contributed by atoms with Crippen LogP contribution in [0.5, 0.6) is 23.0 Å². The van der Waals surface area contributed by atoms with Crippen molar-refractivity contribution in [1.29, 1.82) is 0 Å². The zero-order valence-electron chi connectivity index (χ0n) is 13.1. The first-order valence-corrected chi connectivity index (χ1v) is 7.33. The van der Waals surface area contributed by atoms with Gasteiger partial charge in [0.05, 0.1) is 18.5 Å². The Kier molecular flexibility index (Phi) is 5.43. The molecule has 0 radical (unpaired) electrons. The van der Waals surface area contributed by atoms with Gasteiger partial charge in [-0.3, -0.25) is 5.43 Å². The van der Waals surface area contributed by atoms with Crippen molar-refractivity contribution in [2.75, 3.05) is 12.4 Å². The number of methoxy groups -OCH3 is 1. The fourth-order valence-electron chi connectivity index (χ4n) is 1.95. The van der Waals surface area contributed by atoms with E-state index < -0.39 is 17.2 Å². The smallest absolute Gasteiger partial charge is 0.200 e. The molecule has 0 fully saturated rings. The highest BCUT2D eigenvalue weighted by atomic mass is 32.1. The van der Waals surface area contributed by atoms with Gasteiger partial charge in [-0.25, -0.2) is 0 Å². The van der Waals surface area contributed by atoms with Crippen LogP contribution in [0.3, 0.4) is 0 Å². The highest BCUT2D eigenvalue weighted by Gasteiger charge is 2.13. The van der Waals surface area contributed by atoms with E-state index in [1.54, 1.807) is 26.2 Å². The van der Waals surface area contributed by atoms with Gasteiger partial charge in [-0.2, -0.15) is 5.10 Å². The van der Waals surface area contributed by atoms with Crippen LogP contribution in [0.4, 0.5) is 5.69 Å². The Morgan fingerprint density at radius 3 is 2.50 bits per heavy atom. The Balaban J connectivity index is 2.10. The lowest BCUT2D eigenvalue weighted by atomic mass is 10.1. The lowest BCUT2D eigenvalue weighted by molar-refractivity contribution is 0.367. The molecule has 2 rings (SSSR count). The molecule has 0 spiro atoms. The molecule has 0 aliphatic rings. The molecule has 0 amide bonds. The molecule has 2 aromatic carbocycles. The second-order valence-corrected chi connectivity index (χ2v) is 5.20. The largest absolute Gasteiger partial charge is 0.504 e. The van der Waals surface area contributed by atoms with Crippen molar-refractivity contribution >= 4 is 28.7 Å². The van der Waals surface area contributed by atoms with Gasteiger partial charge in [-0.15, -0.1) is 0 Å². The molecule has 0 heterocycles. The number of para-hydroxylation sites is 2. The number of phenols is 3. The Hall–Kier alpha value is -3.00. The number of anilines is 1. The van der Waals surface area contributed by atoms with Crippen LogP contribution in [0.15, 0.2) is 41.5 Å². The average Bonchev–Trinajstić information content (AvgIpc) is 2.58. The molecule has 0 aromatic heterocycles. The van der Waals surface area contributed by atoms with Crippen molar-refractivity contribution in [1.82, 2.24) is 5.43 Å². The van der Waals surface area contributed by atoms with Crippen molar-refractivity contribution in [3.05, 3.63) is 42.0 Å². The van der Waals surface area contributed by atoms with Crippen LogP contribution >= 0.6 is 12.2 Å². The summed E-state index contributed by atoms with van der Waals surface area (Å²) in [5.41, 5.74) is 3.95. The molecule has 2 aromatic rings. The number of thiocarbonyl (C=S) groups is 1. The van der Waals surface area contributed by atoms with Crippen molar-refractivity contribution in [3.63, 3.8) is 0 Å². The maximum atomic E-state index is 9.83. The first kappa shape index (κ1) is 17.4. The van der Waals surface area contributed by atoms with Crippen LogP contribution in [-0.2, 0) is 0 Å². The van der Waals surface area contributed by atoms with Gasteiger partial charge in [-0.1, -0.05) is 12.1 Å². The number of nitrogens with one attached hydrogen (secondary N) is 2. The van der Waals surface area contributed by atoms with E-state index in [9.17, 15) is 15.3 Å². The van der Waals surface area contributed by atoms with Crippen LogP contribution in [-0.4, -0.2) is 33.3 Å². The normalized spacial score (nSPS) is 11.0. The summed E-state index contributed by atoms with van der Waals surface area (Å²) in [6, 6.07) is 9.95. The Labute approximate surface area is 144 Å². The molecule has 0 atom stereocenters. The number of aromatic hydroxyl groups is 3. The van der Waals surface area contributed by atoms with Crippen LogP contribution < -0.4 is 15.5 Å². The number of ether oxygens (including phenoxy) is 1. The van der Waals surface area contributed by atoms with E-state index >= 15 is 0 Å². The van der Waals surface area contributed by atoms with Crippen LogP contribution in [0.25, 0.3) is 0 Å². The van der Waals surface area contributed by atoms with Crippen molar-refractivity contribution in [2.45, 2.75) is 6.92 Å². The lowest BCUT2D eigenvalue weighted by Gasteiger charge is -2.12. The number of nitrogens with zero attached hydrogens (tertiary/aromatic N) is 1. The van der Waals surface area contributed by atoms with Gasteiger partial charge in [0.1, 0.15) is 5.75 Å². The van der Waals surface area contributed by atoms with E-state index in [4.69, 9.17) is 17.0 Å². The summed E-state index contributed by atoms with van der Waals surface area (Å²) in [5.74, 6) is -0.841. The summed E-state index contributed by atoms with van der Waals surface area (Å²) >= 11 is 5.15. The fourth-order valence-corrected chi connectivity index (χ4v) is 2.11. The van der Waals surface area contributed by atoms with Crippen LogP contribution in [0, 0.1) is 0 Å². The molecule has 0 aliphatic carbocycles. The third kappa shape index (κ3) is 3.85. The molecule has 0 bridgehead atoms. The fraction of sp³-hybridized carbons (Fsp3) is 0.125. The van der Waals surface area contributed by atoms with Gasteiger partial charge >= 0.3 is 0 Å². The predicted molar refractivity (Wildman–Crippen MR) is 96.0 cm³/mol. The van der Waals surface area contributed by atoms with Gasteiger partial charge in [0.25, 0.3) is 0 Å². The number of hydrogen-bond donors (Lipinski definition) is 5. The molecular weight excluding hydrogens is 330 g/mol. The van der Waals surface area contributed by atoms with E-state index in [2.05, 4.69) is 15.8 Å². The van der Waals surface area contributed by atoms with Gasteiger partial charge in [0.15, 0.2) is 16.6 Å². The second-order valence-electron chi connectivity index (χ2n) is 4.79. The van der Waals surface area contributed by atoms with E-state index in [0.29, 0.717) is 17.1 Å². The monoisotopic (exact) mass is 347 g/mol. The maximum absolute atomic E-state index is 9.83. The van der Waals surface area contributed by atoms with Gasteiger partial charge < -0.3 is 25.4 Å². The maximum Gasteiger partial charge on any atom is 0.200 e. The average molecular weight is 347 g/mol. The predicted octanol–water partition coefficient (Wildman–Crippen LogP) is 2.52. The third-order valence-corrected chi connectivity index (χ3v) is 3.39. The molecule has 0 aliphatic heterocycles. The summed E-state index contributed by atoms with van der Waals surface area (Å²) < 4.78 is 5.21. The lowest BCUT2D eigenvalue weighted by Crippen LogP contribution is -2.25. The molecule has 0 saturated heterocycles. The number of benzene rings is 2. The SMILES string of the molecule is COc1ccccc1NC(=S)N/N=C(\C)c1ccc(O)c(O)c1O. The Bertz CT molecular complexity index is 793. The quantitative estimate of drug-likeness (QED) is 0.250. The third-order valence-electron chi connectivity index (χ3n) is 3.20. The minimum Gasteiger partial charge on any atom is -0.504 e. The van der Waals surface area contributed by atoms with E-state index in [-0.39, 0.29) is 10.7 Å². The molecule has 24 heavy (non-hydrogen) atoms. The zero-order valence-corrected chi connectivity index (χ0v) is 13.9. The molecule has 8 heteroatoms. The first-order chi connectivity index (χ1) is 11.4. The minimum absolute atomic E-state index is 0.223. The summed E-state index contributed by atoms with van der Waals surface area (Å²) in [5, 5.41) is 35.9.